The molecule has 0 spiro atoms. The summed E-state index contributed by atoms with van der Waals surface area (Å²) in [4.78, 5) is 23.8. The molecule has 3 aromatic carbocycles. The molecular weight excluding hydrogens is 430 g/mol. The second-order valence-electron chi connectivity index (χ2n) is 6.84. The van der Waals surface area contributed by atoms with Crippen molar-refractivity contribution in [2.75, 3.05) is 12.4 Å². The zero-order valence-electron chi connectivity index (χ0n) is 17.6. The number of hydrogen-bond donors (Lipinski definition) is 2. The van der Waals surface area contributed by atoms with Crippen LogP contribution in [0.25, 0.3) is 0 Å². The Labute approximate surface area is 191 Å². The maximum atomic E-state index is 11.9. The normalized spacial score (nSPS) is 10.6. The van der Waals surface area contributed by atoms with E-state index < -0.39 is 11.8 Å². The molecule has 2 N–H and O–H groups in total. The standard InChI is InChI=1S/C24H22ClN3O4/c1-16-3-5-17(6-4-16)15-32-21-12-7-18(13-22(21)31-2)14-26-28-24(30)23(29)27-20-10-8-19(25)9-11-20/h3-14H,15H2,1-2H3,(H,27,29)(H,28,30). The fourth-order valence-corrected chi connectivity index (χ4v) is 2.79. The van der Waals surface area contributed by atoms with Crippen LogP contribution in [0.15, 0.2) is 71.8 Å². The van der Waals surface area contributed by atoms with Crippen molar-refractivity contribution < 1.29 is 19.1 Å². The number of carbonyl (C=O) groups excluding carboxylic acids is 2. The third-order valence-electron chi connectivity index (χ3n) is 4.39. The van der Waals surface area contributed by atoms with E-state index in [2.05, 4.69) is 15.8 Å². The first-order valence-corrected chi connectivity index (χ1v) is 10.1. The molecule has 0 unspecified atom stereocenters. The van der Waals surface area contributed by atoms with Gasteiger partial charge >= 0.3 is 11.8 Å². The predicted octanol–water partition coefficient (Wildman–Crippen LogP) is 4.32. The summed E-state index contributed by atoms with van der Waals surface area (Å²) in [6.07, 6.45) is 1.40. The summed E-state index contributed by atoms with van der Waals surface area (Å²) in [5.41, 5.74) is 5.52. The van der Waals surface area contributed by atoms with Gasteiger partial charge in [-0.3, -0.25) is 9.59 Å². The SMILES string of the molecule is COc1cc(C=NNC(=O)C(=O)Nc2ccc(Cl)cc2)ccc1OCc1ccc(C)cc1. The fourth-order valence-electron chi connectivity index (χ4n) is 2.67. The molecule has 0 atom stereocenters. The Kier molecular flexibility index (Phi) is 7.83. The zero-order chi connectivity index (χ0) is 22.9. The smallest absolute Gasteiger partial charge is 0.329 e. The second-order valence-corrected chi connectivity index (χ2v) is 7.28. The molecule has 0 aliphatic heterocycles. The average Bonchev–Trinajstić information content (AvgIpc) is 2.80. The summed E-state index contributed by atoms with van der Waals surface area (Å²) < 4.78 is 11.2. The Hall–Kier alpha value is -3.84. The van der Waals surface area contributed by atoms with Crippen molar-refractivity contribution >= 4 is 35.3 Å². The number of anilines is 1. The lowest BCUT2D eigenvalue weighted by Crippen LogP contribution is -2.32. The fraction of sp³-hybridized carbons (Fsp3) is 0.125. The van der Waals surface area contributed by atoms with Gasteiger partial charge in [-0.2, -0.15) is 5.10 Å². The summed E-state index contributed by atoms with van der Waals surface area (Å²) in [6, 6.07) is 19.7. The lowest BCUT2D eigenvalue weighted by molar-refractivity contribution is -0.136. The van der Waals surface area contributed by atoms with Gasteiger partial charge in [0.15, 0.2) is 11.5 Å². The van der Waals surface area contributed by atoms with E-state index in [9.17, 15) is 9.59 Å². The molecule has 7 nitrogen and oxygen atoms in total. The van der Waals surface area contributed by atoms with Crippen LogP contribution in [0.5, 0.6) is 11.5 Å². The number of carbonyl (C=O) groups is 2. The summed E-state index contributed by atoms with van der Waals surface area (Å²) >= 11 is 5.79. The Morgan fingerprint density at radius 3 is 2.38 bits per heavy atom. The number of benzene rings is 3. The van der Waals surface area contributed by atoms with Gasteiger partial charge in [0.25, 0.3) is 0 Å². The number of aryl methyl sites for hydroxylation is 1. The van der Waals surface area contributed by atoms with Crippen molar-refractivity contribution in [1.29, 1.82) is 0 Å². The van der Waals surface area contributed by atoms with Crippen LogP contribution < -0.4 is 20.2 Å². The lowest BCUT2D eigenvalue weighted by Gasteiger charge is -2.11. The van der Waals surface area contributed by atoms with Crippen molar-refractivity contribution in [2.24, 2.45) is 5.10 Å². The number of nitrogens with zero attached hydrogens (tertiary/aromatic N) is 1. The van der Waals surface area contributed by atoms with Gasteiger partial charge in [0.2, 0.25) is 0 Å². The molecule has 0 fully saturated rings. The van der Waals surface area contributed by atoms with Gasteiger partial charge in [0.1, 0.15) is 6.61 Å². The van der Waals surface area contributed by atoms with Crippen molar-refractivity contribution in [3.63, 3.8) is 0 Å². The molecule has 32 heavy (non-hydrogen) atoms. The van der Waals surface area contributed by atoms with Crippen LogP contribution in [-0.2, 0) is 16.2 Å². The number of nitrogens with one attached hydrogen (secondary N) is 2. The molecule has 0 heterocycles. The minimum Gasteiger partial charge on any atom is -0.493 e. The van der Waals surface area contributed by atoms with Crippen LogP contribution in [-0.4, -0.2) is 25.1 Å². The van der Waals surface area contributed by atoms with Crippen LogP contribution in [0.3, 0.4) is 0 Å². The van der Waals surface area contributed by atoms with Crippen molar-refractivity contribution in [3.05, 3.63) is 88.4 Å². The van der Waals surface area contributed by atoms with E-state index in [1.54, 1.807) is 42.5 Å². The van der Waals surface area contributed by atoms with Gasteiger partial charge in [-0.1, -0.05) is 41.4 Å². The number of hydrazone groups is 1. The first-order chi connectivity index (χ1) is 15.4. The minimum atomic E-state index is -0.902. The highest BCUT2D eigenvalue weighted by molar-refractivity contribution is 6.39. The molecular formula is C24H22ClN3O4. The van der Waals surface area contributed by atoms with Gasteiger partial charge in [0.05, 0.1) is 13.3 Å². The number of hydrogen-bond acceptors (Lipinski definition) is 5. The number of methoxy groups -OCH3 is 1. The van der Waals surface area contributed by atoms with E-state index in [0.717, 1.165) is 5.56 Å². The maximum absolute atomic E-state index is 11.9. The summed E-state index contributed by atoms with van der Waals surface area (Å²) in [6.45, 7) is 2.44. The summed E-state index contributed by atoms with van der Waals surface area (Å²) in [5.74, 6) is -0.646. The minimum absolute atomic E-state index is 0.406. The van der Waals surface area contributed by atoms with Gasteiger partial charge < -0.3 is 14.8 Å². The molecule has 2 amide bonds. The van der Waals surface area contributed by atoms with E-state index >= 15 is 0 Å². The third-order valence-corrected chi connectivity index (χ3v) is 4.64. The first-order valence-electron chi connectivity index (χ1n) is 9.71. The lowest BCUT2D eigenvalue weighted by atomic mass is 10.2. The molecule has 8 heteroatoms. The number of amides is 2. The zero-order valence-corrected chi connectivity index (χ0v) is 18.3. The Morgan fingerprint density at radius 2 is 1.69 bits per heavy atom. The Balaban J connectivity index is 1.55. The predicted molar refractivity (Wildman–Crippen MR) is 124 cm³/mol. The molecule has 0 aliphatic carbocycles. The molecule has 0 aliphatic rings. The molecule has 0 bridgehead atoms. The number of halogens is 1. The van der Waals surface area contributed by atoms with E-state index in [-0.39, 0.29) is 0 Å². The molecule has 0 saturated carbocycles. The first kappa shape index (κ1) is 22.8. The molecule has 0 aromatic heterocycles. The summed E-state index contributed by atoms with van der Waals surface area (Å²) in [7, 11) is 1.54. The molecule has 3 rings (SSSR count). The van der Waals surface area contributed by atoms with E-state index in [1.165, 1.54) is 18.9 Å². The van der Waals surface area contributed by atoms with Crippen LogP contribution in [0.1, 0.15) is 16.7 Å². The molecule has 0 radical (unpaired) electrons. The second kappa shape index (κ2) is 11.0. The van der Waals surface area contributed by atoms with E-state index in [0.29, 0.717) is 34.4 Å². The van der Waals surface area contributed by atoms with Crippen molar-refractivity contribution in [3.8, 4) is 11.5 Å². The third kappa shape index (κ3) is 6.58. The van der Waals surface area contributed by atoms with Crippen molar-refractivity contribution in [1.82, 2.24) is 5.43 Å². The highest BCUT2D eigenvalue weighted by atomic mass is 35.5. The largest absolute Gasteiger partial charge is 0.493 e. The van der Waals surface area contributed by atoms with Gasteiger partial charge in [0, 0.05) is 10.7 Å². The Bertz CT molecular complexity index is 1110. The molecule has 3 aromatic rings. The van der Waals surface area contributed by atoms with Gasteiger partial charge in [-0.15, -0.1) is 0 Å². The molecule has 0 saturated heterocycles. The van der Waals surface area contributed by atoms with Gasteiger partial charge in [-0.25, -0.2) is 5.43 Å². The highest BCUT2D eigenvalue weighted by Crippen LogP contribution is 2.28. The number of rotatable bonds is 7. The van der Waals surface area contributed by atoms with Crippen molar-refractivity contribution in [2.45, 2.75) is 13.5 Å². The number of ether oxygens (including phenoxy) is 2. The van der Waals surface area contributed by atoms with Crippen LogP contribution in [0.2, 0.25) is 5.02 Å². The topological polar surface area (TPSA) is 89.0 Å². The highest BCUT2D eigenvalue weighted by Gasteiger charge is 2.13. The quantitative estimate of drug-likeness (QED) is 0.318. The summed E-state index contributed by atoms with van der Waals surface area (Å²) in [5, 5.41) is 6.80. The van der Waals surface area contributed by atoms with Gasteiger partial charge in [-0.05, 0) is 60.5 Å². The van der Waals surface area contributed by atoms with E-state index in [4.69, 9.17) is 21.1 Å². The molecule has 164 valence electrons. The van der Waals surface area contributed by atoms with E-state index in [1.807, 2.05) is 31.2 Å². The maximum Gasteiger partial charge on any atom is 0.329 e. The van der Waals surface area contributed by atoms with Crippen LogP contribution in [0.4, 0.5) is 5.69 Å². The average molecular weight is 452 g/mol. The monoisotopic (exact) mass is 451 g/mol. The van der Waals surface area contributed by atoms with Crippen LogP contribution in [0, 0.1) is 6.92 Å². The Morgan fingerprint density at radius 1 is 0.969 bits per heavy atom. The van der Waals surface area contributed by atoms with Crippen LogP contribution >= 0.6 is 11.6 Å².